The number of carbonyl (C=O) groups is 2. The Bertz CT molecular complexity index is 536. The maximum Gasteiger partial charge on any atom is 0.328 e. The van der Waals surface area contributed by atoms with Crippen molar-refractivity contribution < 1.29 is 19.4 Å². The van der Waals surface area contributed by atoms with Crippen LogP contribution >= 0.6 is 0 Å². The van der Waals surface area contributed by atoms with Gasteiger partial charge in [-0.25, -0.2) is 4.79 Å². The summed E-state index contributed by atoms with van der Waals surface area (Å²) in [5.74, 6) is -1.30. The maximum absolute atomic E-state index is 12.7. The summed E-state index contributed by atoms with van der Waals surface area (Å²) in [7, 11) is 0. The number of morpholine rings is 1. The number of amides is 1. The summed E-state index contributed by atoms with van der Waals surface area (Å²) in [6.45, 7) is 0.706. The average Bonchev–Trinajstić information content (AvgIpc) is 3.16. The molecule has 2 heterocycles. The van der Waals surface area contributed by atoms with Gasteiger partial charge < -0.3 is 14.7 Å². The van der Waals surface area contributed by atoms with Gasteiger partial charge in [-0.15, -0.1) is 0 Å². The Balaban J connectivity index is 1.84. The highest BCUT2D eigenvalue weighted by atomic mass is 16.5. The zero-order valence-electron chi connectivity index (χ0n) is 11.8. The molecule has 2 fully saturated rings. The summed E-state index contributed by atoms with van der Waals surface area (Å²) in [4.78, 5) is 25.4. The summed E-state index contributed by atoms with van der Waals surface area (Å²) >= 11 is 0. The predicted octanol–water partition coefficient (Wildman–Crippen LogP) is 0.924. The number of nitrogens with zero attached hydrogens (tertiary/aromatic N) is 3. The molecule has 1 amide bonds. The minimum atomic E-state index is -1.03. The van der Waals surface area contributed by atoms with E-state index < -0.39 is 12.0 Å². The van der Waals surface area contributed by atoms with E-state index in [1.165, 1.54) is 4.90 Å². The van der Waals surface area contributed by atoms with Crippen molar-refractivity contribution in [3.05, 3.63) is 18.0 Å². The van der Waals surface area contributed by atoms with Gasteiger partial charge in [-0.1, -0.05) is 12.8 Å². The van der Waals surface area contributed by atoms with Crippen LogP contribution in [0.15, 0.2) is 12.3 Å². The lowest BCUT2D eigenvalue weighted by molar-refractivity contribution is -0.147. The van der Waals surface area contributed by atoms with E-state index in [2.05, 4.69) is 5.10 Å². The fraction of sp³-hybridized carbons (Fsp3) is 0.643. The van der Waals surface area contributed by atoms with Gasteiger partial charge in [0, 0.05) is 12.7 Å². The van der Waals surface area contributed by atoms with Gasteiger partial charge in [-0.3, -0.25) is 9.48 Å². The van der Waals surface area contributed by atoms with Crippen LogP contribution in [0, 0.1) is 0 Å². The summed E-state index contributed by atoms with van der Waals surface area (Å²) in [5, 5.41) is 13.5. The summed E-state index contributed by atoms with van der Waals surface area (Å²) in [6.07, 6.45) is 5.95. The molecular formula is C14H19N3O4. The molecular weight excluding hydrogens is 274 g/mol. The van der Waals surface area contributed by atoms with Gasteiger partial charge in [0.1, 0.15) is 5.69 Å². The molecule has 21 heavy (non-hydrogen) atoms. The maximum atomic E-state index is 12.7. The number of aromatic nitrogens is 2. The first kappa shape index (κ1) is 14.1. The van der Waals surface area contributed by atoms with Crippen molar-refractivity contribution in [3.63, 3.8) is 0 Å². The first-order valence-electron chi connectivity index (χ1n) is 7.33. The quantitative estimate of drug-likeness (QED) is 0.896. The molecule has 1 saturated carbocycles. The molecule has 1 aromatic heterocycles. The van der Waals surface area contributed by atoms with Crippen LogP contribution in [-0.2, 0) is 9.53 Å². The topological polar surface area (TPSA) is 84.7 Å². The van der Waals surface area contributed by atoms with Crippen LogP contribution in [0.3, 0.4) is 0 Å². The molecule has 1 atom stereocenters. The van der Waals surface area contributed by atoms with Crippen LogP contribution in [0.5, 0.6) is 0 Å². The Kier molecular flexibility index (Phi) is 3.92. The van der Waals surface area contributed by atoms with Crippen molar-refractivity contribution in [2.24, 2.45) is 0 Å². The third-order valence-electron chi connectivity index (χ3n) is 4.23. The number of aliphatic carboxylic acids is 1. The highest BCUT2D eigenvalue weighted by Gasteiger charge is 2.35. The predicted molar refractivity (Wildman–Crippen MR) is 73.0 cm³/mol. The third kappa shape index (κ3) is 2.65. The number of ether oxygens (including phenoxy) is 1. The van der Waals surface area contributed by atoms with Crippen LogP contribution in [0.4, 0.5) is 0 Å². The van der Waals surface area contributed by atoms with Crippen molar-refractivity contribution in [2.45, 2.75) is 37.8 Å². The zero-order valence-corrected chi connectivity index (χ0v) is 11.8. The molecule has 0 aromatic carbocycles. The Morgan fingerprint density at radius 2 is 2.10 bits per heavy atom. The Morgan fingerprint density at radius 3 is 2.81 bits per heavy atom. The standard InChI is InChI=1S/C14H19N3O4/c18-13(16-7-8-21-9-12(16)14(19)20)11-5-6-15-17(11)10-3-1-2-4-10/h5-6,10,12H,1-4,7-9H2,(H,19,20). The molecule has 1 aromatic rings. The van der Waals surface area contributed by atoms with Crippen molar-refractivity contribution in [1.29, 1.82) is 0 Å². The molecule has 1 saturated heterocycles. The van der Waals surface area contributed by atoms with E-state index in [1.54, 1.807) is 16.9 Å². The van der Waals surface area contributed by atoms with Crippen molar-refractivity contribution in [3.8, 4) is 0 Å². The first-order chi connectivity index (χ1) is 10.2. The number of carboxylic acid groups (broad SMARTS) is 1. The molecule has 7 nitrogen and oxygen atoms in total. The number of carboxylic acids is 1. The second-order valence-corrected chi connectivity index (χ2v) is 5.53. The second kappa shape index (κ2) is 5.85. The number of hydrogen-bond acceptors (Lipinski definition) is 4. The number of rotatable bonds is 3. The molecule has 7 heteroatoms. The smallest absolute Gasteiger partial charge is 0.328 e. The summed E-state index contributed by atoms with van der Waals surface area (Å²) in [5.41, 5.74) is 0.482. The molecule has 1 N–H and O–H groups in total. The molecule has 0 radical (unpaired) electrons. The largest absolute Gasteiger partial charge is 0.480 e. The second-order valence-electron chi connectivity index (χ2n) is 5.53. The van der Waals surface area contributed by atoms with Crippen molar-refractivity contribution in [2.75, 3.05) is 19.8 Å². The minimum Gasteiger partial charge on any atom is -0.480 e. The zero-order chi connectivity index (χ0) is 14.8. The van der Waals surface area contributed by atoms with E-state index in [-0.39, 0.29) is 18.6 Å². The fourth-order valence-corrected chi connectivity index (χ4v) is 3.12. The molecule has 3 rings (SSSR count). The minimum absolute atomic E-state index is 0.0403. The van der Waals surface area contributed by atoms with Crippen LogP contribution in [0.1, 0.15) is 42.2 Å². The molecule has 0 spiro atoms. The first-order valence-corrected chi connectivity index (χ1v) is 7.33. The highest BCUT2D eigenvalue weighted by molar-refractivity contribution is 5.95. The van der Waals surface area contributed by atoms with Gasteiger partial charge in [-0.2, -0.15) is 5.10 Å². The van der Waals surface area contributed by atoms with Crippen molar-refractivity contribution >= 4 is 11.9 Å². The van der Waals surface area contributed by atoms with E-state index in [4.69, 9.17) is 4.74 Å². The lowest BCUT2D eigenvalue weighted by Crippen LogP contribution is -2.53. The molecule has 1 aliphatic carbocycles. The van der Waals surface area contributed by atoms with Gasteiger partial charge in [0.05, 0.1) is 19.3 Å². The number of carbonyl (C=O) groups excluding carboxylic acids is 1. The Morgan fingerprint density at radius 1 is 1.33 bits per heavy atom. The normalized spacial score (nSPS) is 23.4. The third-order valence-corrected chi connectivity index (χ3v) is 4.23. The lowest BCUT2D eigenvalue weighted by Gasteiger charge is -2.33. The monoisotopic (exact) mass is 293 g/mol. The molecule has 114 valence electrons. The van der Waals surface area contributed by atoms with Crippen molar-refractivity contribution in [1.82, 2.24) is 14.7 Å². The average molecular weight is 293 g/mol. The van der Waals surface area contributed by atoms with Crippen LogP contribution < -0.4 is 0 Å². The van der Waals surface area contributed by atoms with Gasteiger partial charge in [0.25, 0.3) is 5.91 Å². The molecule has 2 aliphatic rings. The molecule has 0 bridgehead atoms. The SMILES string of the molecule is O=C(O)C1COCCN1C(=O)c1ccnn1C1CCCC1. The number of hydrogen-bond donors (Lipinski definition) is 1. The molecule has 1 aliphatic heterocycles. The Hall–Kier alpha value is -1.89. The van der Waals surface area contributed by atoms with Gasteiger partial charge in [0.15, 0.2) is 6.04 Å². The lowest BCUT2D eigenvalue weighted by atomic mass is 10.2. The van der Waals surface area contributed by atoms with E-state index in [0.29, 0.717) is 18.8 Å². The Labute approximate surface area is 122 Å². The van der Waals surface area contributed by atoms with Crippen LogP contribution in [0.2, 0.25) is 0 Å². The van der Waals surface area contributed by atoms with E-state index >= 15 is 0 Å². The van der Waals surface area contributed by atoms with Gasteiger partial charge in [-0.05, 0) is 18.9 Å². The van der Waals surface area contributed by atoms with Gasteiger partial charge in [0.2, 0.25) is 0 Å². The van der Waals surface area contributed by atoms with E-state index in [0.717, 1.165) is 25.7 Å². The summed E-state index contributed by atoms with van der Waals surface area (Å²) in [6, 6.07) is 1.01. The molecule has 1 unspecified atom stereocenters. The summed E-state index contributed by atoms with van der Waals surface area (Å²) < 4.78 is 6.94. The van der Waals surface area contributed by atoms with Gasteiger partial charge >= 0.3 is 5.97 Å². The van der Waals surface area contributed by atoms with Crippen LogP contribution in [0.25, 0.3) is 0 Å². The van der Waals surface area contributed by atoms with Crippen LogP contribution in [-0.4, -0.2) is 57.5 Å². The highest BCUT2D eigenvalue weighted by Crippen LogP contribution is 2.30. The fourth-order valence-electron chi connectivity index (χ4n) is 3.12. The van der Waals surface area contributed by atoms with E-state index in [9.17, 15) is 14.7 Å². The van der Waals surface area contributed by atoms with E-state index in [1.807, 2.05) is 0 Å².